The van der Waals surface area contributed by atoms with Gasteiger partial charge in [0.05, 0.1) is 20.8 Å². The van der Waals surface area contributed by atoms with Gasteiger partial charge in [-0.25, -0.2) is 4.79 Å². The Morgan fingerprint density at radius 1 is 0.897 bits per heavy atom. The Kier molecular flexibility index (Phi) is 7.59. The van der Waals surface area contributed by atoms with Gasteiger partial charge in [0.2, 0.25) is 5.91 Å². The summed E-state index contributed by atoms with van der Waals surface area (Å²) in [7, 11) is 2.85. The van der Waals surface area contributed by atoms with E-state index < -0.39 is 18.5 Å². The molecule has 2 aromatic carbocycles. The van der Waals surface area contributed by atoms with Crippen molar-refractivity contribution in [3.8, 4) is 11.5 Å². The molecule has 0 aliphatic rings. The third-order valence-electron chi connectivity index (χ3n) is 4.15. The molecule has 2 N–H and O–H groups in total. The summed E-state index contributed by atoms with van der Waals surface area (Å²) in [6, 6.07) is 10.4. The lowest BCUT2D eigenvalue weighted by atomic mass is 10.1. The minimum atomic E-state index is -0.740. The Morgan fingerprint density at radius 2 is 1.55 bits per heavy atom. The van der Waals surface area contributed by atoms with Crippen LogP contribution in [0.15, 0.2) is 36.4 Å². The van der Waals surface area contributed by atoms with Crippen LogP contribution < -0.4 is 20.1 Å². The number of anilines is 1. The van der Waals surface area contributed by atoms with Gasteiger partial charge in [-0.05, 0) is 37.1 Å². The first kappa shape index (κ1) is 21.7. The second-order valence-corrected chi connectivity index (χ2v) is 6.21. The zero-order valence-corrected chi connectivity index (χ0v) is 16.8. The quantitative estimate of drug-likeness (QED) is 0.659. The topological polar surface area (TPSA) is 103 Å². The van der Waals surface area contributed by atoms with E-state index in [0.717, 1.165) is 11.1 Å². The van der Waals surface area contributed by atoms with Crippen LogP contribution in [0.4, 0.5) is 5.69 Å². The molecule has 2 amide bonds. The van der Waals surface area contributed by atoms with Crippen molar-refractivity contribution in [2.75, 3.05) is 32.7 Å². The highest BCUT2D eigenvalue weighted by Crippen LogP contribution is 2.31. The maximum absolute atomic E-state index is 12.2. The molecule has 0 bridgehead atoms. The number of esters is 1. The molecule has 0 radical (unpaired) electrons. The molecule has 0 unspecified atom stereocenters. The van der Waals surface area contributed by atoms with Gasteiger partial charge >= 0.3 is 5.97 Å². The molecule has 0 saturated carbocycles. The molecule has 29 heavy (non-hydrogen) atoms. The Labute approximate surface area is 169 Å². The summed E-state index contributed by atoms with van der Waals surface area (Å²) >= 11 is 0. The second kappa shape index (κ2) is 10.1. The van der Waals surface area contributed by atoms with Crippen molar-refractivity contribution in [3.63, 3.8) is 0 Å². The number of para-hydroxylation sites is 2. The first-order valence-corrected chi connectivity index (χ1v) is 8.88. The average molecular weight is 400 g/mol. The van der Waals surface area contributed by atoms with Gasteiger partial charge in [0, 0.05) is 5.69 Å². The molecule has 2 aromatic rings. The largest absolute Gasteiger partial charge is 0.493 e. The van der Waals surface area contributed by atoms with Crippen LogP contribution in [0.3, 0.4) is 0 Å². The normalized spacial score (nSPS) is 10.1. The van der Waals surface area contributed by atoms with Crippen LogP contribution in [0.5, 0.6) is 11.5 Å². The minimum Gasteiger partial charge on any atom is -0.493 e. The van der Waals surface area contributed by atoms with E-state index in [4.69, 9.17) is 14.2 Å². The lowest BCUT2D eigenvalue weighted by molar-refractivity contribution is -0.126. The zero-order chi connectivity index (χ0) is 21.4. The molecule has 0 saturated heterocycles. The minimum absolute atomic E-state index is 0.132. The Hall–Kier alpha value is -3.55. The Balaban J connectivity index is 1.86. The lowest BCUT2D eigenvalue weighted by Crippen LogP contribution is -2.35. The fourth-order valence-corrected chi connectivity index (χ4v) is 2.68. The van der Waals surface area contributed by atoms with Crippen molar-refractivity contribution >= 4 is 23.5 Å². The summed E-state index contributed by atoms with van der Waals surface area (Å²) in [5.41, 5.74) is 2.69. The van der Waals surface area contributed by atoms with Crippen molar-refractivity contribution in [3.05, 3.63) is 53.1 Å². The van der Waals surface area contributed by atoms with Crippen LogP contribution in [-0.4, -0.2) is 45.2 Å². The molecular weight excluding hydrogens is 376 g/mol. The van der Waals surface area contributed by atoms with Gasteiger partial charge in [0.1, 0.15) is 5.56 Å². The number of hydrogen-bond acceptors (Lipinski definition) is 6. The van der Waals surface area contributed by atoms with Crippen LogP contribution in [0.2, 0.25) is 0 Å². The fraction of sp³-hybridized carbons (Fsp3) is 0.286. The van der Waals surface area contributed by atoms with E-state index in [2.05, 4.69) is 10.6 Å². The highest BCUT2D eigenvalue weighted by Gasteiger charge is 2.19. The highest BCUT2D eigenvalue weighted by molar-refractivity contribution is 5.97. The van der Waals surface area contributed by atoms with Crippen LogP contribution in [0.1, 0.15) is 21.5 Å². The van der Waals surface area contributed by atoms with Crippen LogP contribution in [0.25, 0.3) is 0 Å². The van der Waals surface area contributed by atoms with Crippen LogP contribution >= 0.6 is 0 Å². The number of benzene rings is 2. The summed E-state index contributed by atoms with van der Waals surface area (Å²) in [6.07, 6.45) is 0. The van der Waals surface area contributed by atoms with Crippen LogP contribution in [-0.2, 0) is 14.3 Å². The number of rotatable bonds is 8. The molecule has 0 heterocycles. The number of hydrogen-bond donors (Lipinski definition) is 2. The van der Waals surface area contributed by atoms with E-state index in [-0.39, 0.29) is 23.8 Å². The number of methoxy groups -OCH3 is 2. The fourth-order valence-electron chi connectivity index (χ4n) is 2.68. The summed E-state index contributed by atoms with van der Waals surface area (Å²) in [5.74, 6) is -1.13. The van der Waals surface area contributed by atoms with Crippen molar-refractivity contribution in [2.24, 2.45) is 0 Å². The predicted molar refractivity (Wildman–Crippen MR) is 107 cm³/mol. The molecular formula is C21H24N2O6. The van der Waals surface area contributed by atoms with Gasteiger partial charge in [0.25, 0.3) is 5.91 Å². The molecule has 0 fully saturated rings. The average Bonchev–Trinajstić information content (AvgIpc) is 2.72. The predicted octanol–water partition coefficient (Wildman–Crippen LogP) is 2.23. The summed E-state index contributed by atoms with van der Waals surface area (Å²) < 4.78 is 15.3. The summed E-state index contributed by atoms with van der Waals surface area (Å²) in [5, 5.41) is 5.18. The standard InChI is InChI=1S/C21H24N2O6/c1-13-7-5-8-14(2)19(13)23-17(24)11-22-18(25)12-29-21(26)15-9-6-10-16(27-3)20(15)28-4/h5-10H,11-12H2,1-4H3,(H,22,25)(H,23,24). The number of aryl methyl sites for hydroxylation is 2. The number of ether oxygens (including phenoxy) is 3. The number of nitrogens with one attached hydrogen (secondary N) is 2. The molecule has 8 nitrogen and oxygen atoms in total. The Bertz CT molecular complexity index is 890. The molecule has 0 atom stereocenters. The van der Waals surface area contributed by atoms with Gasteiger partial charge in [-0.15, -0.1) is 0 Å². The van der Waals surface area contributed by atoms with Crippen molar-refractivity contribution in [2.45, 2.75) is 13.8 Å². The first-order chi connectivity index (χ1) is 13.9. The second-order valence-electron chi connectivity index (χ2n) is 6.21. The maximum atomic E-state index is 12.2. The number of amides is 2. The van der Waals surface area contributed by atoms with Gasteiger partial charge in [-0.2, -0.15) is 0 Å². The van der Waals surface area contributed by atoms with E-state index >= 15 is 0 Å². The first-order valence-electron chi connectivity index (χ1n) is 8.88. The molecule has 0 aliphatic carbocycles. The van der Waals surface area contributed by atoms with Gasteiger partial charge in [0.15, 0.2) is 18.1 Å². The molecule has 0 spiro atoms. The SMILES string of the molecule is COc1cccc(C(=O)OCC(=O)NCC(=O)Nc2c(C)cccc2C)c1OC. The van der Waals surface area contributed by atoms with Crippen molar-refractivity contribution in [1.29, 1.82) is 0 Å². The van der Waals surface area contributed by atoms with E-state index in [1.54, 1.807) is 12.1 Å². The van der Waals surface area contributed by atoms with Crippen molar-refractivity contribution in [1.82, 2.24) is 5.32 Å². The number of carbonyl (C=O) groups is 3. The number of carbonyl (C=O) groups excluding carboxylic acids is 3. The Morgan fingerprint density at radius 3 is 2.17 bits per heavy atom. The third-order valence-corrected chi connectivity index (χ3v) is 4.15. The monoisotopic (exact) mass is 400 g/mol. The van der Waals surface area contributed by atoms with Crippen LogP contribution in [0, 0.1) is 13.8 Å². The smallest absolute Gasteiger partial charge is 0.342 e. The van der Waals surface area contributed by atoms with E-state index in [1.807, 2.05) is 32.0 Å². The van der Waals surface area contributed by atoms with Gasteiger partial charge < -0.3 is 24.8 Å². The van der Waals surface area contributed by atoms with E-state index in [9.17, 15) is 14.4 Å². The zero-order valence-electron chi connectivity index (χ0n) is 16.8. The molecule has 2 rings (SSSR count). The van der Waals surface area contributed by atoms with Gasteiger partial charge in [-0.3, -0.25) is 9.59 Å². The molecule has 154 valence electrons. The lowest BCUT2D eigenvalue weighted by Gasteiger charge is -2.13. The summed E-state index contributed by atoms with van der Waals surface area (Å²) in [4.78, 5) is 36.2. The highest BCUT2D eigenvalue weighted by atomic mass is 16.5. The van der Waals surface area contributed by atoms with Gasteiger partial charge in [-0.1, -0.05) is 24.3 Å². The van der Waals surface area contributed by atoms with E-state index in [1.165, 1.54) is 20.3 Å². The molecule has 0 aliphatic heterocycles. The molecule has 0 aromatic heterocycles. The molecule has 8 heteroatoms. The third kappa shape index (κ3) is 5.71. The summed E-state index contributed by atoms with van der Waals surface area (Å²) in [6.45, 7) is 2.99. The maximum Gasteiger partial charge on any atom is 0.342 e. The van der Waals surface area contributed by atoms with Crippen molar-refractivity contribution < 1.29 is 28.6 Å². The van der Waals surface area contributed by atoms with E-state index in [0.29, 0.717) is 11.4 Å².